The van der Waals surface area contributed by atoms with Crippen molar-refractivity contribution in [2.75, 3.05) is 12.4 Å². The van der Waals surface area contributed by atoms with Gasteiger partial charge < -0.3 is 5.32 Å². The zero-order valence-corrected chi connectivity index (χ0v) is 6.63. The first-order chi connectivity index (χ1) is 4.93. The molecule has 1 N–H and O–H groups in total. The minimum Gasteiger partial charge on any atom is -0.372 e. The van der Waals surface area contributed by atoms with E-state index < -0.39 is 0 Å². The first kappa shape index (κ1) is 8.88. The van der Waals surface area contributed by atoms with E-state index in [1.54, 1.807) is 6.20 Å². The highest BCUT2D eigenvalue weighted by Gasteiger charge is 1.81. The molecule has 0 unspecified atom stereocenters. The average molecular weight is 139 g/mol. The summed E-state index contributed by atoms with van der Waals surface area (Å²) in [5.41, 5.74) is 0. The van der Waals surface area contributed by atoms with Gasteiger partial charge in [0.25, 0.3) is 0 Å². The molecule has 0 aromatic carbocycles. The van der Waals surface area contributed by atoms with E-state index in [9.17, 15) is 0 Å². The molecule has 0 aliphatic carbocycles. The maximum atomic E-state index is 3.74. The van der Waals surface area contributed by atoms with Crippen molar-refractivity contribution in [1.82, 2.24) is 10.2 Å². The SMILES string of the molecule is CC.CNc1cccnn1. The molecule has 1 rings (SSSR count). The predicted molar refractivity (Wildman–Crippen MR) is 42.9 cm³/mol. The number of aromatic nitrogens is 2. The quantitative estimate of drug-likeness (QED) is 0.641. The Morgan fingerprint density at radius 1 is 1.40 bits per heavy atom. The summed E-state index contributed by atoms with van der Waals surface area (Å²) in [5, 5.41) is 10.2. The normalized spacial score (nSPS) is 7.50. The van der Waals surface area contributed by atoms with Gasteiger partial charge in [0.1, 0.15) is 5.82 Å². The second kappa shape index (κ2) is 6.01. The van der Waals surface area contributed by atoms with Crippen molar-refractivity contribution in [3.8, 4) is 0 Å². The Hall–Kier alpha value is -1.12. The Kier molecular flexibility index (Phi) is 5.33. The van der Waals surface area contributed by atoms with Gasteiger partial charge in [-0.25, -0.2) is 0 Å². The van der Waals surface area contributed by atoms with E-state index in [2.05, 4.69) is 15.5 Å². The standard InChI is InChI=1S/C5H7N3.C2H6/c1-6-5-3-2-4-7-8-5;1-2/h2-4H,1H3,(H,6,8);1-2H3. The summed E-state index contributed by atoms with van der Waals surface area (Å²) in [7, 11) is 1.81. The minimum atomic E-state index is 0.799. The Morgan fingerprint density at radius 2 is 2.10 bits per heavy atom. The number of rotatable bonds is 1. The highest BCUT2D eigenvalue weighted by atomic mass is 15.2. The maximum absolute atomic E-state index is 3.74. The minimum absolute atomic E-state index is 0.799. The lowest BCUT2D eigenvalue weighted by molar-refractivity contribution is 1.03. The van der Waals surface area contributed by atoms with Gasteiger partial charge in [-0.05, 0) is 12.1 Å². The Morgan fingerprint density at radius 3 is 2.40 bits per heavy atom. The molecule has 0 radical (unpaired) electrons. The lowest BCUT2D eigenvalue weighted by Gasteiger charge is -1.91. The third-order valence-corrected chi connectivity index (χ3v) is 0.828. The van der Waals surface area contributed by atoms with Gasteiger partial charge in [-0.3, -0.25) is 0 Å². The van der Waals surface area contributed by atoms with E-state index in [1.807, 2.05) is 33.0 Å². The highest BCUT2D eigenvalue weighted by Crippen LogP contribution is 1.93. The van der Waals surface area contributed by atoms with Crippen LogP contribution >= 0.6 is 0 Å². The second-order valence-corrected chi connectivity index (χ2v) is 1.36. The summed E-state index contributed by atoms with van der Waals surface area (Å²) < 4.78 is 0. The number of anilines is 1. The van der Waals surface area contributed by atoms with Gasteiger partial charge in [0, 0.05) is 13.2 Å². The summed E-state index contributed by atoms with van der Waals surface area (Å²) in [6.45, 7) is 4.00. The van der Waals surface area contributed by atoms with Crippen LogP contribution in [0.15, 0.2) is 18.3 Å². The van der Waals surface area contributed by atoms with E-state index in [-0.39, 0.29) is 0 Å². The fourth-order valence-corrected chi connectivity index (χ4v) is 0.435. The zero-order valence-electron chi connectivity index (χ0n) is 6.63. The molecule has 3 heteroatoms. The lowest BCUT2D eigenvalue weighted by Crippen LogP contribution is -1.91. The molecule has 0 amide bonds. The van der Waals surface area contributed by atoms with E-state index in [0.717, 1.165) is 5.82 Å². The molecule has 0 atom stereocenters. The summed E-state index contributed by atoms with van der Waals surface area (Å²) in [6.07, 6.45) is 1.64. The summed E-state index contributed by atoms with van der Waals surface area (Å²) in [6, 6.07) is 3.69. The molecule has 0 fully saturated rings. The number of hydrogen-bond acceptors (Lipinski definition) is 3. The zero-order chi connectivity index (χ0) is 7.82. The molecule has 0 saturated carbocycles. The van der Waals surface area contributed by atoms with Crippen molar-refractivity contribution < 1.29 is 0 Å². The molecule has 0 aliphatic rings. The first-order valence-electron chi connectivity index (χ1n) is 3.39. The van der Waals surface area contributed by atoms with E-state index >= 15 is 0 Å². The van der Waals surface area contributed by atoms with Crippen molar-refractivity contribution in [3.05, 3.63) is 18.3 Å². The fraction of sp³-hybridized carbons (Fsp3) is 0.429. The van der Waals surface area contributed by atoms with Crippen LogP contribution in [-0.4, -0.2) is 17.2 Å². The molecular weight excluding hydrogens is 126 g/mol. The van der Waals surface area contributed by atoms with E-state index in [1.165, 1.54) is 0 Å². The molecule has 56 valence electrons. The van der Waals surface area contributed by atoms with Gasteiger partial charge in [-0.15, -0.1) is 5.10 Å². The van der Waals surface area contributed by atoms with Crippen LogP contribution in [0.4, 0.5) is 5.82 Å². The topological polar surface area (TPSA) is 37.8 Å². The summed E-state index contributed by atoms with van der Waals surface area (Å²) in [4.78, 5) is 0. The Balaban J connectivity index is 0.000000371. The third kappa shape index (κ3) is 3.02. The monoisotopic (exact) mass is 139 g/mol. The number of hydrogen-bond donors (Lipinski definition) is 1. The predicted octanol–water partition coefficient (Wildman–Crippen LogP) is 1.54. The molecule has 1 aromatic heterocycles. The van der Waals surface area contributed by atoms with Gasteiger partial charge in [0.2, 0.25) is 0 Å². The highest BCUT2D eigenvalue weighted by molar-refractivity contribution is 5.29. The lowest BCUT2D eigenvalue weighted by atomic mass is 10.5. The van der Waals surface area contributed by atoms with Crippen LogP contribution < -0.4 is 5.32 Å². The van der Waals surface area contributed by atoms with Crippen molar-refractivity contribution >= 4 is 5.82 Å². The Labute approximate surface area is 61.5 Å². The van der Waals surface area contributed by atoms with Crippen molar-refractivity contribution in [2.45, 2.75) is 13.8 Å². The summed E-state index contributed by atoms with van der Waals surface area (Å²) >= 11 is 0. The van der Waals surface area contributed by atoms with Gasteiger partial charge in [0.15, 0.2) is 0 Å². The number of nitrogens with one attached hydrogen (secondary N) is 1. The van der Waals surface area contributed by atoms with E-state index in [0.29, 0.717) is 0 Å². The molecule has 0 bridgehead atoms. The van der Waals surface area contributed by atoms with Gasteiger partial charge >= 0.3 is 0 Å². The smallest absolute Gasteiger partial charge is 0.148 e. The average Bonchev–Trinajstić information content (AvgIpc) is 2.10. The van der Waals surface area contributed by atoms with Gasteiger partial charge in [-0.1, -0.05) is 13.8 Å². The van der Waals surface area contributed by atoms with Gasteiger partial charge in [-0.2, -0.15) is 5.10 Å². The van der Waals surface area contributed by atoms with Crippen LogP contribution in [-0.2, 0) is 0 Å². The second-order valence-electron chi connectivity index (χ2n) is 1.36. The Bertz CT molecular complexity index is 150. The van der Waals surface area contributed by atoms with E-state index in [4.69, 9.17) is 0 Å². The van der Waals surface area contributed by atoms with Crippen LogP contribution in [0.2, 0.25) is 0 Å². The third-order valence-electron chi connectivity index (χ3n) is 0.828. The summed E-state index contributed by atoms with van der Waals surface area (Å²) in [5.74, 6) is 0.799. The molecule has 0 spiro atoms. The van der Waals surface area contributed by atoms with Crippen LogP contribution in [0.5, 0.6) is 0 Å². The molecule has 1 aromatic rings. The largest absolute Gasteiger partial charge is 0.372 e. The first-order valence-corrected chi connectivity index (χ1v) is 3.39. The van der Waals surface area contributed by atoms with Crippen molar-refractivity contribution in [3.63, 3.8) is 0 Å². The van der Waals surface area contributed by atoms with Crippen molar-refractivity contribution in [1.29, 1.82) is 0 Å². The van der Waals surface area contributed by atoms with Crippen LogP contribution in [0.25, 0.3) is 0 Å². The van der Waals surface area contributed by atoms with Crippen molar-refractivity contribution in [2.24, 2.45) is 0 Å². The maximum Gasteiger partial charge on any atom is 0.148 e. The molecule has 1 heterocycles. The van der Waals surface area contributed by atoms with Gasteiger partial charge in [0.05, 0.1) is 0 Å². The molecule has 0 saturated heterocycles. The van der Waals surface area contributed by atoms with Crippen LogP contribution in [0.3, 0.4) is 0 Å². The fourth-order valence-electron chi connectivity index (χ4n) is 0.435. The number of nitrogens with zero attached hydrogens (tertiary/aromatic N) is 2. The molecule has 0 aliphatic heterocycles. The molecule has 10 heavy (non-hydrogen) atoms. The molecule has 3 nitrogen and oxygen atoms in total. The van der Waals surface area contributed by atoms with Crippen LogP contribution in [0.1, 0.15) is 13.8 Å². The van der Waals surface area contributed by atoms with Crippen LogP contribution in [0, 0.1) is 0 Å². The molecular formula is C7H13N3.